The first-order chi connectivity index (χ1) is 7.72. The number of aryl methyl sites for hydroxylation is 2. The molecule has 0 aliphatic rings. The second kappa shape index (κ2) is 4.31. The summed E-state index contributed by atoms with van der Waals surface area (Å²) in [5.41, 5.74) is 2.88. The zero-order chi connectivity index (χ0) is 11.5. The lowest BCUT2D eigenvalue weighted by atomic mass is 10.1. The smallest absolute Gasteiger partial charge is 0.266 e. The average molecular weight is 214 g/mol. The second-order valence-corrected chi connectivity index (χ2v) is 3.70. The summed E-state index contributed by atoms with van der Waals surface area (Å²) in [6.45, 7) is 2.03. The van der Waals surface area contributed by atoms with Gasteiger partial charge >= 0.3 is 0 Å². The zero-order valence-electron chi connectivity index (χ0n) is 9.47. The molecule has 0 spiro atoms. The van der Waals surface area contributed by atoms with Gasteiger partial charge in [-0.2, -0.15) is 5.10 Å². The fraction of sp³-hybridized carbons (Fsp3) is 0.231. The van der Waals surface area contributed by atoms with E-state index >= 15 is 0 Å². The van der Waals surface area contributed by atoms with Crippen LogP contribution in [0.4, 0.5) is 0 Å². The SMILES string of the molecule is CCc1cc(=O)n(C)nc1-c1ccccc1. The van der Waals surface area contributed by atoms with Gasteiger partial charge in [-0.25, -0.2) is 4.68 Å². The molecular weight excluding hydrogens is 200 g/mol. The van der Waals surface area contributed by atoms with Gasteiger partial charge in [-0.1, -0.05) is 37.3 Å². The molecule has 1 heterocycles. The molecule has 0 saturated heterocycles. The fourth-order valence-corrected chi connectivity index (χ4v) is 1.68. The molecule has 2 aromatic rings. The molecule has 0 N–H and O–H groups in total. The quantitative estimate of drug-likeness (QED) is 0.766. The van der Waals surface area contributed by atoms with E-state index in [2.05, 4.69) is 5.10 Å². The van der Waals surface area contributed by atoms with Gasteiger partial charge in [-0.15, -0.1) is 0 Å². The van der Waals surface area contributed by atoms with Gasteiger partial charge in [-0.05, 0) is 12.0 Å². The highest BCUT2D eigenvalue weighted by Crippen LogP contribution is 2.19. The van der Waals surface area contributed by atoms with Crippen molar-refractivity contribution < 1.29 is 0 Å². The number of hydrogen-bond acceptors (Lipinski definition) is 2. The Kier molecular flexibility index (Phi) is 2.86. The number of benzene rings is 1. The van der Waals surface area contributed by atoms with E-state index in [4.69, 9.17) is 0 Å². The first-order valence-electron chi connectivity index (χ1n) is 5.35. The third-order valence-corrected chi connectivity index (χ3v) is 2.60. The van der Waals surface area contributed by atoms with Crippen LogP contribution in [0.5, 0.6) is 0 Å². The lowest BCUT2D eigenvalue weighted by Crippen LogP contribution is -2.20. The van der Waals surface area contributed by atoms with E-state index in [0.29, 0.717) is 0 Å². The minimum Gasteiger partial charge on any atom is -0.268 e. The molecule has 0 bridgehead atoms. The second-order valence-electron chi connectivity index (χ2n) is 3.70. The molecule has 0 fully saturated rings. The van der Waals surface area contributed by atoms with E-state index in [1.54, 1.807) is 13.1 Å². The maximum Gasteiger partial charge on any atom is 0.266 e. The largest absolute Gasteiger partial charge is 0.268 e. The van der Waals surface area contributed by atoms with Crippen LogP contribution in [0.3, 0.4) is 0 Å². The van der Waals surface area contributed by atoms with Gasteiger partial charge in [0.05, 0.1) is 5.69 Å². The van der Waals surface area contributed by atoms with E-state index in [0.717, 1.165) is 23.2 Å². The van der Waals surface area contributed by atoms with E-state index in [9.17, 15) is 4.79 Å². The van der Waals surface area contributed by atoms with Crippen LogP contribution >= 0.6 is 0 Å². The first kappa shape index (κ1) is 10.6. The summed E-state index contributed by atoms with van der Waals surface area (Å²) in [5.74, 6) is 0. The molecule has 0 aliphatic carbocycles. The third kappa shape index (κ3) is 1.89. The Labute approximate surface area is 94.4 Å². The predicted molar refractivity (Wildman–Crippen MR) is 64.3 cm³/mol. The Hall–Kier alpha value is -1.90. The van der Waals surface area contributed by atoms with Gasteiger partial charge in [0.15, 0.2) is 0 Å². The highest BCUT2D eigenvalue weighted by Gasteiger charge is 2.07. The molecule has 3 heteroatoms. The monoisotopic (exact) mass is 214 g/mol. The topological polar surface area (TPSA) is 34.9 Å². The molecule has 2 rings (SSSR count). The van der Waals surface area contributed by atoms with Crippen molar-refractivity contribution in [2.24, 2.45) is 7.05 Å². The molecule has 16 heavy (non-hydrogen) atoms. The average Bonchev–Trinajstić information content (AvgIpc) is 2.33. The third-order valence-electron chi connectivity index (χ3n) is 2.60. The molecule has 0 amide bonds. The van der Waals surface area contributed by atoms with Crippen molar-refractivity contribution in [1.82, 2.24) is 9.78 Å². The van der Waals surface area contributed by atoms with Crippen LogP contribution in [0.2, 0.25) is 0 Å². The van der Waals surface area contributed by atoms with Crippen molar-refractivity contribution in [2.45, 2.75) is 13.3 Å². The van der Waals surface area contributed by atoms with Crippen molar-refractivity contribution in [3.05, 3.63) is 52.3 Å². The fourth-order valence-electron chi connectivity index (χ4n) is 1.68. The molecule has 0 radical (unpaired) electrons. The van der Waals surface area contributed by atoms with Gasteiger partial charge < -0.3 is 0 Å². The Morgan fingerprint density at radius 3 is 2.56 bits per heavy atom. The molecule has 1 aromatic heterocycles. The summed E-state index contributed by atoms with van der Waals surface area (Å²) in [5, 5.41) is 4.32. The number of rotatable bonds is 2. The Bertz CT molecular complexity index is 544. The van der Waals surface area contributed by atoms with Crippen LogP contribution in [0.1, 0.15) is 12.5 Å². The van der Waals surface area contributed by atoms with E-state index in [1.807, 2.05) is 37.3 Å². The van der Waals surface area contributed by atoms with Gasteiger partial charge in [0, 0.05) is 18.7 Å². The van der Waals surface area contributed by atoms with Crippen molar-refractivity contribution in [3.8, 4) is 11.3 Å². The van der Waals surface area contributed by atoms with E-state index < -0.39 is 0 Å². The molecule has 3 nitrogen and oxygen atoms in total. The number of aromatic nitrogens is 2. The Morgan fingerprint density at radius 1 is 1.25 bits per heavy atom. The molecule has 0 aliphatic heterocycles. The van der Waals surface area contributed by atoms with Gasteiger partial charge in [0.1, 0.15) is 0 Å². The summed E-state index contributed by atoms with van der Waals surface area (Å²) in [4.78, 5) is 11.5. The first-order valence-corrected chi connectivity index (χ1v) is 5.35. The molecular formula is C13H14N2O. The summed E-state index contributed by atoms with van der Waals surface area (Å²) < 4.78 is 1.38. The molecule has 82 valence electrons. The van der Waals surface area contributed by atoms with E-state index in [1.165, 1.54) is 4.68 Å². The summed E-state index contributed by atoms with van der Waals surface area (Å²) in [7, 11) is 1.67. The summed E-state index contributed by atoms with van der Waals surface area (Å²) in [6.07, 6.45) is 0.813. The lowest BCUT2D eigenvalue weighted by Gasteiger charge is -2.08. The van der Waals surface area contributed by atoms with Crippen molar-refractivity contribution >= 4 is 0 Å². The van der Waals surface area contributed by atoms with Crippen LogP contribution in [0.15, 0.2) is 41.2 Å². The molecule has 0 unspecified atom stereocenters. The normalized spacial score (nSPS) is 10.4. The number of nitrogens with zero attached hydrogens (tertiary/aromatic N) is 2. The molecule has 0 atom stereocenters. The Balaban J connectivity index is 2.65. The minimum absolute atomic E-state index is 0.0588. The maximum atomic E-state index is 11.5. The summed E-state index contributed by atoms with van der Waals surface area (Å²) in [6, 6.07) is 11.6. The molecule has 0 saturated carbocycles. The van der Waals surface area contributed by atoms with Crippen LogP contribution < -0.4 is 5.56 Å². The predicted octanol–water partition coefficient (Wildman–Crippen LogP) is 2.01. The Morgan fingerprint density at radius 2 is 1.94 bits per heavy atom. The highest BCUT2D eigenvalue weighted by atomic mass is 16.1. The lowest BCUT2D eigenvalue weighted by molar-refractivity contribution is 0.705. The van der Waals surface area contributed by atoms with Gasteiger partial charge in [0.25, 0.3) is 5.56 Å². The maximum absolute atomic E-state index is 11.5. The standard InChI is InChI=1S/C13H14N2O/c1-3-10-9-12(16)15(2)14-13(10)11-7-5-4-6-8-11/h4-9H,3H2,1-2H3. The van der Waals surface area contributed by atoms with E-state index in [-0.39, 0.29) is 5.56 Å². The summed E-state index contributed by atoms with van der Waals surface area (Å²) >= 11 is 0. The zero-order valence-corrected chi connectivity index (χ0v) is 9.47. The minimum atomic E-state index is -0.0588. The van der Waals surface area contributed by atoms with Crippen LogP contribution in [-0.2, 0) is 13.5 Å². The molecule has 1 aromatic carbocycles. The number of hydrogen-bond donors (Lipinski definition) is 0. The highest BCUT2D eigenvalue weighted by molar-refractivity contribution is 5.62. The van der Waals surface area contributed by atoms with Crippen molar-refractivity contribution in [3.63, 3.8) is 0 Å². The van der Waals surface area contributed by atoms with Crippen molar-refractivity contribution in [2.75, 3.05) is 0 Å². The van der Waals surface area contributed by atoms with Crippen LogP contribution in [0.25, 0.3) is 11.3 Å². The van der Waals surface area contributed by atoms with Crippen LogP contribution in [0, 0.1) is 0 Å². The van der Waals surface area contributed by atoms with Gasteiger partial charge in [0.2, 0.25) is 0 Å². The van der Waals surface area contributed by atoms with Gasteiger partial charge in [-0.3, -0.25) is 4.79 Å². The van der Waals surface area contributed by atoms with Crippen LogP contribution in [-0.4, -0.2) is 9.78 Å². The van der Waals surface area contributed by atoms with Crippen molar-refractivity contribution in [1.29, 1.82) is 0 Å².